The van der Waals surface area contributed by atoms with E-state index in [-0.39, 0.29) is 17.4 Å². The van der Waals surface area contributed by atoms with Crippen molar-refractivity contribution < 1.29 is 4.79 Å². The second kappa shape index (κ2) is 9.65. The third-order valence-electron chi connectivity index (χ3n) is 5.94. The fourth-order valence-corrected chi connectivity index (χ4v) is 5.28. The van der Waals surface area contributed by atoms with Crippen LogP contribution in [0.1, 0.15) is 35.7 Å². The SMILES string of the molecule is CC(C)c1ccccc1-n1c(=O)cc(-c2cccc3ccccc23)s/c1=N\C(=O)c1ccccc1. The molecule has 0 aliphatic heterocycles. The van der Waals surface area contributed by atoms with Crippen LogP contribution in [0.3, 0.4) is 0 Å². The number of aromatic nitrogens is 1. The van der Waals surface area contributed by atoms with Crippen LogP contribution in [0.15, 0.2) is 113 Å². The van der Waals surface area contributed by atoms with Gasteiger partial charge in [0, 0.05) is 16.5 Å². The van der Waals surface area contributed by atoms with Gasteiger partial charge in [-0.05, 0) is 46.0 Å². The van der Waals surface area contributed by atoms with Gasteiger partial charge in [-0.15, -0.1) is 0 Å². The number of nitrogens with zero attached hydrogens (tertiary/aromatic N) is 2. The van der Waals surface area contributed by atoms with Crippen LogP contribution in [-0.4, -0.2) is 10.5 Å². The lowest BCUT2D eigenvalue weighted by Crippen LogP contribution is -2.31. The van der Waals surface area contributed by atoms with E-state index in [1.54, 1.807) is 34.9 Å². The molecule has 5 aromatic rings. The van der Waals surface area contributed by atoms with Crippen LogP contribution in [0.4, 0.5) is 0 Å². The highest BCUT2D eigenvalue weighted by atomic mass is 32.1. The van der Waals surface area contributed by atoms with Gasteiger partial charge in [0.25, 0.3) is 11.5 Å². The topological polar surface area (TPSA) is 51.4 Å². The van der Waals surface area contributed by atoms with Crippen molar-refractivity contribution >= 4 is 28.0 Å². The lowest BCUT2D eigenvalue weighted by molar-refractivity contribution is 0.0998. The van der Waals surface area contributed by atoms with E-state index in [0.717, 1.165) is 32.5 Å². The number of carbonyl (C=O) groups excluding carboxylic acids is 1. The predicted molar refractivity (Wildman–Crippen MR) is 143 cm³/mol. The van der Waals surface area contributed by atoms with E-state index in [4.69, 9.17) is 0 Å². The van der Waals surface area contributed by atoms with Crippen molar-refractivity contribution in [2.75, 3.05) is 0 Å². The molecular weight excluding hydrogens is 452 g/mol. The summed E-state index contributed by atoms with van der Waals surface area (Å²) >= 11 is 1.34. The zero-order valence-corrected chi connectivity index (χ0v) is 20.3. The van der Waals surface area contributed by atoms with Gasteiger partial charge in [0.05, 0.1) is 5.69 Å². The molecule has 172 valence electrons. The highest BCUT2D eigenvalue weighted by Crippen LogP contribution is 2.30. The number of carbonyl (C=O) groups is 1. The van der Waals surface area contributed by atoms with E-state index in [9.17, 15) is 9.59 Å². The number of para-hydroxylation sites is 1. The molecule has 0 N–H and O–H groups in total. The Kier molecular flexibility index (Phi) is 6.25. The van der Waals surface area contributed by atoms with Crippen molar-refractivity contribution in [2.24, 2.45) is 4.99 Å². The molecule has 0 saturated carbocycles. The van der Waals surface area contributed by atoms with E-state index in [1.165, 1.54) is 11.3 Å². The number of amides is 1. The first kappa shape index (κ1) is 22.7. The number of fused-ring (bicyclic) bond motifs is 1. The van der Waals surface area contributed by atoms with Crippen molar-refractivity contribution in [3.05, 3.63) is 129 Å². The molecule has 0 atom stereocenters. The summed E-state index contributed by atoms with van der Waals surface area (Å²) in [6, 6.07) is 32.5. The first-order valence-corrected chi connectivity index (χ1v) is 12.3. The fourth-order valence-electron chi connectivity index (χ4n) is 4.22. The Bertz CT molecular complexity index is 1660. The summed E-state index contributed by atoms with van der Waals surface area (Å²) in [7, 11) is 0. The molecule has 5 heteroatoms. The lowest BCUT2D eigenvalue weighted by atomic mass is 10.0. The monoisotopic (exact) mass is 476 g/mol. The van der Waals surface area contributed by atoms with Gasteiger partial charge in [0.1, 0.15) is 0 Å². The maximum atomic E-state index is 13.7. The molecule has 4 aromatic carbocycles. The zero-order valence-electron chi connectivity index (χ0n) is 19.5. The van der Waals surface area contributed by atoms with Gasteiger partial charge in [-0.1, -0.05) is 104 Å². The molecule has 0 radical (unpaired) electrons. The Balaban J connectivity index is 1.81. The Morgan fingerprint density at radius 2 is 1.51 bits per heavy atom. The third-order valence-corrected chi connectivity index (χ3v) is 6.95. The van der Waals surface area contributed by atoms with Crippen LogP contribution in [-0.2, 0) is 0 Å². The van der Waals surface area contributed by atoms with Crippen molar-refractivity contribution in [2.45, 2.75) is 19.8 Å². The van der Waals surface area contributed by atoms with Crippen LogP contribution < -0.4 is 10.4 Å². The summed E-state index contributed by atoms with van der Waals surface area (Å²) in [5.41, 5.74) is 2.96. The summed E-state index contributed by atoms with van der Waals surface area (Å²) in [5, 5.41) is 2.14. The van der Waals surface area contributed by atoms with Crippen molar-refractivity contribution in [3.63, 3.8) is 0 Å². The molecule has 0 bridgehead atoms. The molecule has 5 rings (SSSR count). The normalized spacial score (nSPS) is 11.8. The molecule has 0 saturated heterocycles. The summed E-state index contributed by atoms with van der Waals surface area (Å²) < 4.78 is 1.56. The summed E-state index contributed by atoms with van der Waals surface area (Å²) in [6.45, 7) is 4.17. The highest BCUT2D eigenvalue weighted by Gasteiger charge is 2.15. The minimum Gasteiger partial charge on any atom is -0.269 e. The van der Waals surface area contributed by atoms with Crippen LogP contribution in [0.5, 0.6) is 0 Å². The third kappa shape index (κ3) is 4.51. The molecule has 1 amide bonds. The Morgan fingerprint density at radius 1 is 0.829 bits per heavy atom. The van der Waals surface area contributed by atoms with Gasteiger partial charge >= 0.3 is 0 Å². The molecule has 0 fully saturated rings. The van der Waals surface area contributed by atoms with Crippen molar-refractivity contribution in [1.82, 2.24) is 4.57 Å². The smallest absolute Gasteiger partial charge is 0.269 e. The van der Waals surface area contributed by atoms with Gasteiger partial charge in [-0.2, -0.15) is 4.99 Å². The molecule has 1 heterocycles. The average Bonchev–Trinajstić information content (AvgIpc) is 2.88. The van der Waals surface area contributed by atoms with Gasteiger partial charge in [-0.25, -0.2) is 0 Å². The second-order valence-corrected chi connectivity index (χ2v) is 9.60. The van der Waals surface area contributed by atoms with E-state index < -0.39 is 0 Å². The van der Waals surface area contributed by atoms with Gasteiger partial charge in [-0.3, -0.25) is 14.2 Å². The molecule has 0 aliphatic carbocycles. The second-order valence-electron chi connectivity index (χ2n) is 8.59. The Labute approximate surface area is 207 Å². The first-order valence-electron chi connectivity index (χ1n) is 11.5. The molecule has 0 spiro atoms. The maximum Gasteiger partial charge on any atom is 0.279 e. The molecule has 1 aromatic heterocycles. The largest absolute Gasteiger partial charge is 0.279 e. The van der Waals surface area contributed by atoms with Crippen LogP contribution in [0, 0.1) is 0 Å². The molecular formula is C30H24N2O2S. The van der Waals surface area contributed by atoms with Gasteiger partial charge in [0.2, 0.25) is 4.80 Å². The van der Waals surface area contributed by atoms with Gasteiger partial charge in [0.15, 0.2) is 0 Å². The molecule has 35 heavy (non-hydrogen) atoms. The molecule has 4 nitrogen and oxygen atoms in total. The summed E-state index contributed by atoms with van der Waals surface area (Å²) in [6.07, 6.45) is 0. The standard InChI is InChI=1S/C30H24N2O2S/c1-20(2)23-15-8-9-18-26(23)32-28(33)19-27(25-17-10-14-21-11-6-7-16-24(21)25)35-30(32)31-29(34)22-12-4-3-5-13-22/h3-20H,1-2H3/b31-30-. The van der Waals surface area contributed by atoms with E-state index >= 15 is 0 Å². The van der Waals surface area contributed by atoms with Crippen molar-refractivity contribution in [1.29, 1.82) is 0 Å². The summed E-state index contributed by atoms with van der Waals surface area (Å²) in [5.74, 6) is -0.189. The van der Waals surface area contributed by atoms with Crippen LogP contribution in [0.2, 0.25) is 0 Å². The van der Waals surface area contributed by atoms with Crippen LogP contribution in [0.25, 0.3) is 26.9 Å². The zero-order chi connectivity index (χ0) is 24.4. The van der Waals surface area contributed by atoms with Crippen LogP contribution >= 0.6 is 11.3 Å². The Hall–Kier alpha value is -4.09. The average molecular weight is 477 g/mol. The van der Waals surface area contributed by atoms with E-state index in [2.05, 4.69) is 18.8 Å². The number of hydrogen-bond acceptors (Lipinski definition) is 3. The minimum atomic E-state index is -0.382. The quantitative estimate of drug-likeness (QED) is 0.294. The van der Waals surface area contributed by atoms with E-state index in [1.807, 2.05) is 72.8 Å². The highest BCUT2D eigenvalue weighted by molar-refractivity contribution is 7.12. The molecule has 0 aliphatic rings. The Morgan fingerprint density at radius 3 is 2.31 bits per heavy atom. The maximum absolute atomic E-state index is 13.7. The first-order chi connectivity index (χ1) is 17.0. The van der Waals surface area contributed by atoms with E-state index in [0.29, 0.717) is 10.4 Å². The van der Waals surface area contributed by atoms with Gasteiger partial charge < -0.3 is 0 Å². The fraction of sp³-hybridized carbons (Fsp3) is 0.100. The van der Waals surface area contributed by atoms with Crippen molar-refractivity contribution in [3.8, 4) is 16.1 Å². The minimum absolute atomic E-state index is 0.193. The number of hydrogen-bond donors (Lipinski definition) is 0. The summed E-state index contributed by atoms with van der Waals surface area (Å²) in [4.78, 5) is 32.4. The number of benzene rings is 4. The lowest BCUT2D eigenvalue weighted by Gasteiger charge is -2.15. The predicted octanol–water partition coefficient (Wildman–Crippen LogP) is 6.58. The number of rotatable bonds is 4. The molecule has 0 unspecified atom stereocenters.